The maximum Gasteiger partial charge on any atom is 0.276 e. The number of primary amides is 1. The molecule has 3 atom stereocenters. The van der Waals surface area contributed by atoms with Crippen LogP contribution in [0.5, 0.6) is 0 Å². The van der Waals surface area contributed by atoms with E-state index in [2.05, 4.69) is 5.32 Å². The standard InChI is InChI=1S/C27H37N3O6/c1-17(2)16-20(24(28)31)22(36-5)26(33)30(35)23(27(3,4)34)25(32)29-21(18-12-8-6-9-13-18)19-14-10-7-11-15-19/h6-15,17,20-23,34-35H,16H2,1-5H3,(H2,28,31)(H,29,32)/t20-,22+,23-/m1/s1. The Balaban J connectivity index is 2.41. The van der Waals surface area contributed by atoms with E-state index < -0.39 is 47.4 Å². The summed E-state index contributed by atoms with van der Waals surface area (Å²) in [4.78, 5) is 38.9. The molecule has 0 radical (unpaired) electrons. The third-order valence-corrected chi connectivity index (χ3v) is 5.89. The zero-order chi connectivity index (χ0) is 27.0. The monoisotopic (exact) mass is 499 g/mol. The van der Waals surface area contributed by atoms with Gasteiger partial charge < -0.3 is 20.9 Å². The van der Waals surface area contributed by atoms with Gasteiger partial charge in [0.15, 0.2) is 6.04 Å². The zero-order valence-corrected chi connectivity index (χ0v) is 21.4. The van der Waals surface area contributed by atoms with E-state index in [1.54, 1.807) is 0 Å². The number of nitrogens with two attached hydrogens (primary N) is 1. The van der Waals surface area contributed by atoms with Gasteiger partial charge in [0.25, 0.3) is 5.91 Å². The van der Waals surface area contributed by atoms with Gasteiger partial charge >= 0.3 is 0 Å². The average molecular weight is 500 g/mol. The normalized spacial score (nSPS) is 14.2. The maximum atomic E-state index is 13.5. The summed E-state index contributed by atoms with van der Waals surface area (Å²) in [5.74, 6) is -3.66. The Morgan fingerprint density at radius 2 is 1.47 bits per heavy atom. The summed E-state index contributed by atoms with van der Waals surface area (Å²) in [5, 5.41) is 24.7. The second-order valence-corrected chi connectivity index (χ2v) is 9.80. The smallest absolute Gasteiger partial charge is 0.276 e. The fourth-order valence-corrected chi connectivity index (χ4v) is 4.19. The highest BCUT2D eigenvalue weighted by Gasteiger charge is 2.45. The van der Waals surface area contributed by atoms with Gasteiger partial charge in [0, 0.05) is 7.11 Å². The van der Waals surface area contributed by atoms with Gasteiger partial charge in [0.1, 0.15) is 6.10 Å². The summed E-state index contributed by atoms with van der Waals surface area (Å²) in [6.45, 7) is 6.30. The summed E-state index contributed by atoms with van der Waals surface area (Å²) in [7, 11) is 1.21. The Labute approximate surface area is 212 Å². The topological polar surface area (TPSA) is 142 Å². The van der Waals surface area contributed by atoms with Crippen molar-refractivity contribution in [1.82, 2.24) is 10.4 Å². The molecule has 0 aliphatic rings. The highest BCUT2D eigenvalue weighted by molar-refractivity contribution is 5.92. The lowest BCUT2D eigenvalue weighted by Crippen LogP contribution is -2.61. The molecule has 0 spiro atoms. The number of hydroxylamine groups is 2. The second kappa shape index (κ2) is 12.6. The lowest BCUT2D eigenvalue weighted by atomic mass is 9.89. The fourth-order valence-electron chi connectivity index (χ4n) is 4.19. The molecule has 9 heteroatoms. The lowest BCUT2D eigenvalue weighted by molar-refractivity contribution is -0.208. The van der Waals surface area contributed by atoms with Crippen LogP contribution < -0.4 is 11.1 Å². The van der Waals surface area contributed by atoms with Crippen LogP contribution in [0.4, 0.5) is 0 Å². The number of benzene rings is 2. The van der Waals surface area contributed by atoms with E-state index in [0.29, 0.717) is 0 Å². The molecule has 3 amide bonds. The summed E-state index contributed by atoms with van der Waals surface area (Å²) >= 11 is 0. The van der Waals surface area contributed by atoms with Crippen molar-refractivity contribution < 1.29 is 29.4 Å². The van der Waals surface area contributed by atoms with Crippen LogP contribution in [0, 0.1) is 11.8 Å². The molecular weight excluding hydrogens is 462 g/mol. The Bertz CT molecular complexity index is 968. The quantitative estimate of drug-likeness (QED) is 0.261. The lowest BCUT2D eigenvalue weighted by Gasteiger charge is -2.37. The molecule has 0 saturated carbocycles. The molecule has 2 aromatic rings. The van der Waals surface area contributed by atoms with Gasteiger partial charge in [-0.2, -0.15) is 0 Å². The Hall–Kier alpha value is -3.27. The van der Waals surface area contributed by atoms with E-state index in [0.717, 1.165) is 11.1 Å². The van der Waals surface area contributed by atoms with Gasteiger partial charge in [-0.25, -0.2) is 5.06 Å². The van der Waals surface area contributed by atoms with Crippen molar-refractivity contribution in [3.05, 3.63) is 71.8 Å². The van der Waals surface area contributed by atoms with Crippen LogP contribution in [0.25, 0.3) is 0 Å². The molecule has 2 rings (SSSR count). The van der Waals surface area contributed by atoms with Crippen LogP contribution in [0.3, 0.4) is 0 Å². The number of hydrogen-bond donors (Lipinski definition) is 4. The van der Waals surface area contributed by atoms with Crippen molar-refractivity contribution in [1.29, 1.82) is 0 Å². The molecule has 0 fully saturated rings. The zero-order valence-electron chi connectivity index (χ0n) is 21.4. The van der Waals surface area contributed by atoms with Crippen molar-refractivity contribution in [2.45, 2.75) is 57.9 Å². The molecule has 9 nitrogen and oxygen atoms in total. The number of rotatable bonds is 12. The number of ether oxygens (including phenoxy) is 1. The number of aliphatic hydroxyl groups is 1. The molecule has 0 unspecified atom stereocenters. The van der Waals surface area contributed by atoms with E-state index in [4.69, 9.17) is 10.5 Å². The van der Waals surface area contributed by atoms with Crippen molar-refractivity contribution >= 4 is 17.7 Å². The minimum atomic E-state index is -1.86. The Morgan fingerprint density at radius 3 is 1.83 bits per heavy atom. The third kappa shape index (κ3) is 7.36. The van der Waals surface area contributed by atoms with Crippen LogP contribution in [-0.2, 0) is 19.1 Å². The molecule has 0 aromatic heterocycles. The summed E-state index contributed by atoms with van der Waals surface area (Å²) < 4.78 is 5.25. The number of hydrogen-bond acceptors (Lipinski definition) is 6. The first-order valence-corrected chi connectivity index (χ1v) is 11.8. The third-order valence-electron chi connectivity index (χ3n) is 5.89. The van der Waals surface area contributed by atoms with Gasteiger partial charge in [-0.15, -0.1) is 0 Å². The van der Waals surface area contributed by atoms with Gasteiger partial charge in [-0.05, 0) is 37.3 Å². The highest BCUT2D eigenvalue weighted by Crippen LogP contribution is 2.26. The van der Waals surface area contributed by atoms with Crippen LogP contribution in [0.15, 0.2) is 60.7 Å². The van der Waals surface area contributed by atoms with E-state index >= 15 is 0 Å². The van der Waals surface area contributed by atoms with Gasteiger partial charge in [0.05, 0.1) is 17.6 Å². The second-order valence-electron chi connectivity index (χ2n) is 9.80. The number of methoxy groups -OCH3 is 1. The number of nitrogens with one attached hydrogen (secondary N) is 1. The minimum Gasteiger partial charge on any atom is -0.388 e. The van der Waals surface area contributed by atoms with Gasteiger partial charge in [0.2, 0.25) is 11.8 Å². The van der Waals surface area contributed by atoms with Crippen LogP contribution in [0.1, 0.15) is 51.3 Å². The predicted molar refractivity (Wildman–Crippen MR) is 135 cm³/mol. The molecular formula is C27H37N3O6. The van der Waals surface area contributed by atoms with E-state index in [-0.39, 0.29) is 17.4 Å². The number of amides is 3. The molecule has 5 N–H and O–H groups in total. The molecule has 0 aliphatic heterocycles. The molecule has 2 aromatic carbocycles. The molecule has 0 heterocycles. The first kappa shape index (κ1) is 29.0. The van der Waals surface area contributed by atoms with Crippen LogP contribution in [0.2, 0.25) is 0 Å². The van der Waals surface area contributed by atoms with Crippen LogP contribution >= 0.6 is 0 Å². The molecule has 0 bridgehead atoms. The Morgan fingerprint density at radius 1 is 1.00 bits per heavy atom. The van der Waals surface area contributed by atoms with Gasteiger partial charge in [-0.1, -0.05) is 74.5 Å². The Kier molecular flexibility index (Phi) is 10.2. The summed E-state index contributed by atoms with van der Waals surface area (Å²) in [6, 6.07) is 16.0. The van der Waals surface area contributed by atoms with Crippen molar-refractivity contribution in [3.63, 3.8) is 0 Å². The minimum absolute atomic E-state index is 0.00553. The van der Waals surface area contributed by atoms with Crippen molar-refractivity contribution in [2.24, 2.45) is 17.6 Å². The molecule has 0 aliphatic carbocycles. The number of nitrogens with zero attached hydrogens (tertiary/aromatic N) is 1. The SMILES string of the molecule is CO[C@H](C(=O)N(O)[C@H](C(=O)NC(c1ccccc1)c1ccccc1)C(C)(C)O)[C@@H](CC(C)C)C(N)=O. The number of carbonyl (C=O) groups is 3. The van der Waals surface area contributed by atoms with Gasteiger partial charge in [-0.3, -0.25) is 19.6 Å². The summed E-state index contributed by atoms with van der Waals surface area (Å²) in [5.41, 5.74) is 5.19. The molecule has 36 heavy (non-hydrogen) atoms. The van der Waals surface area contributed by atoms with E-state index in [9.17, 15) is 24.7 Å². The van der Waals surface area contributed by atoms with Crippen molar-refractivity contribution in [3.8, 4) is 0 Å². The summed E-state index contributed by atoms with van der Waals surface area (Å²) in [6.07, 6.45) is -1.21. The largest absolute Gasteiger partial charge is 0.388 e. The fraction of sp³-hybridized carbons (Fsp3) is 0.444. The first-order chi connectivity index (χ1) is 16.9. The predicted octanol–water partition coefficient (Wildman–Crippen LogP) is 2.41. The van der Waals surface area contributed by atoms with E-state index in [1.807, 2.05) is 74.5 Å². The molecule has 0 saturated heterocycles. The maximum absolute atomic E-state index is 13.5. The van der Waals surface area contributed by atoms with Crippen LogP contribution in [-0.4, -0.2) is 58.0 Å². The average Bonchev–Trinajstić information content (AvgIpc) is 2.82. The number of carbonyl (C=O) groups excluding carboxylic acids is 3. The van der Waals surface area contributed by atoms with E-state index in [1.165, 1.54) is 21.0 Å². The first-order valence-electron chi connectivity index (χ1n) is 11.8. The van der Waals surface area contributed by atoms with Crippen molar-refractivity contribution in [2.75, 3.05) is 7.11 Å². The molecule has 196 valence electrons. The highest BCUT2D eigenvalue weighted by atomic mass is 16.5.